The monoisotopic (exact) mass is 2030 g/mol. The number of rotatable bonds is 79. The minimum Gasteiger partial charge on any atom is -0.490 e. The summed E-state index contributed by atoms with van der Waals surface area (Å²) in [7, 11) is 1.21. The maximum Gasteiger partial charge on any atom is 0.471 e. The van der Waals surface area contributed by atoms with E-state index in [0.29, 0.717) is 109 Å². The van der Waals surface area contributed by atoms with Crippen molar-refractivity contribution in [2.45, 2.75) is 356 Å². The highest BCUT2D eigenvalue weighted by Crippen LogP contribution is 2.36. The van der Waals surface area contributed by atoms with Crippen LogP contribution in [0.4, 0.5) is 24.8 Å². The lowest BCUT2D eigenvalue weighted by molar-refractivity contribution is -0.170. The summed E-state index contributed by atoms with van der Waals surface area (Å²) in [6, 6.07) is 21.5. The van der Waals surface area contributed by atoms with Crippen LogP contribution in [0, 0.1) is 0 Å². The van der Waals surface area contributed by atoms with E-state index in [0.717, 1.165) is 258 Å². The SMILES string of the molecule is CCCCCCOc1ccc(CCOC(=O)CC[C@H](NC(=O)CC[C@@H](C(=O)N[C@@H](CCC(=O)OCCc2ccc(OCCCCCC)c(OCCCCCC)c2)C(=O)OCCc2ccc(OCCCCCC)c(OCCCCCC)c2)N(C)C(=O)c2ccc(N(Cc3cnc4nc(N)[nH]c(=O)c4n3)C(=O)C(F)(F)F)cc2)C(=O)OCCc2ccc(OCCCCCC)c(OCCCCCC)c2)cc1OCCCCCC. The van der Waals surface area contributed by atoms with Crippen molar-refractivity contribution in [2.75, 3.05) is 97.0 Å². The fourth-order valence-corrected chi connectivity index (χ4v) is 16.0. The summed E-state index contributed by atoms with van der Waals surface area (Å²) < 4.78 is 118. The minimum atomic E-state index is -5.47. The first-order chi connectivity index (χ1) is 70.3. The number of anilines is 2. The number of fused-ring (bicyclic) bond motifs is 1. The number of ether oxygens (including phenoxy) is 12. The summed E-state index contributed by atoms with van der Waals surface area (Å²) in [5, 5.41) is 5.45. The van der Waals surface area contributed by atoms with E-state index in [9.17, 15) is 46.7 Å². The van der Waals surface area contributed by atoms with Crippen LogP contribution in [0.15, 0.2) is 108 Å². The molecule has 802 valence electrons. The topological polar surface area (TPSA) is 375 Å². The Kier molecular flexibility index (Phi) is 57.9. The lowest BCUT2D eigenvalue weighted by Crippen LogP contribution is -2.53. The largest absolute Gasteiger partial charge is 0.490 e. The Morgan fingerprint density at radius 3 is 1.06 bits per heavy atom. The molecule has 7 rings (SSSR count). The molecule has 0 spiro atoms. The Morgan fingerprint density at radius 1 is 0.393 bits per heavy atom. The van der Waals surface area contributed by atoms with E-state index in [4.69, 9.17) is 62.6 Å². The van der Waals surface area contributed by atoms with Gasteiger partial charge in [-0.05, 0) is 166 Å². The Morgan fingerprint density at radius 2 is 0.724 bits per heavy atom. The van der Waals surface area contributed by atoms with E-state index < -0.39 is 122 Å². The number of amides is 4. The maximum atomic E-state index is 15.7. The van der Waals surface area contributed by atoms with E-state index >= 15 is 9.59 Å². The third-order valence-corrected chi connectivity index (χ3v) is 24.6. The number of alkyl halides is 3. The van der Waals surface area contributed by atoms with Crippen LogP contribution in [-0.4, -0.2) is 183 Å². The molecule has 0 bridgehead atoms. The van der Waals surface area contributed by atoms with E-state index in [1.807, 2.05) is 72.8 Å². The second kappa shape index (κ2) is 70.0. The number of likely N-dealkylation sites (N-methyl/N-ethyl adjacent to an activating group) is 1. The van der Waals surface area contributed by atoms with E-state index in [-0.39, 0.29) is 86.9 Å². The maximum absolute atomic E-state index is 15.7. The summed E-state index contributed by atoms with van der Waals surface area (Å²) in [5.74, 6) is -4.39. The highest BCUT2D eigenvalue weighted by molar-refractivity contribution is 6.00. The first-order valence-corrected chi connectivity index (χ1v) is 53.4. The van der Waals surface area contributed by atoms with Crippen molar-refractivity contribution in [1.29, 1.82) is 0 Å². The van der Waals surface area contributed by atoms with E-state index in [1.54, 1.807) is 0 Å². The summed E-state index contributed by atoms with van der Waals surface area (Å²) in [5.41, 5.74) is 6.35. The van der Waals surface area contributed by atoms with Crippen molar-refractivity contribution in [3.63, 3.8) is 0 Å². The Hall–Kier alpha value is -11.9. The van der Waals surface area contributed by atoms with Crippen LogP contribution in [-0.2, 0) is 84.7 Å². The third kappa shape index (κ3) is 46.1. The van der Waals surface area contributed by atoms with Crippen molar-refractivity contribution >= 4 is 70.3 Å². The number of benzene rings is 5. The molecule has 5 N–H and O–H groups in total. The zero-order valence-corrected chi connectivity index (χ0v) is 87.5. The number of halogens is 3. The number of nitrogens with two attached hydrogens (primary N) is 1. The first kappa shape index (κ1) is 120. The fourth-order valence-electron chi connectivity index (χ4n) is 16.0. The number of nitrogen functional groups attached to an aromatic ring is 1. The molecule has 2 heterocycles. The zero-order valence-electron chi connectivity index (χ0n) is 87.5. The molecule has 0 aliphatic carbocycles. The average Bonchev–Trinajstić information content (AvgIpc) is 0.791. The third-order valence-electron chi connectivity index (χ3n) is 24.6. The van der Waals surface area contributed by atoms with Crippen molar-refractivity contribution < 1.29 is 108 Å². The predicted molar refractivity (Wildman–Crippen MR) is 555 cm³/mol. The number of nitrogens with zero attached hydrogens (tertiary/aromatic N) is 5. The van der Waals surface area contributed by atoms with Gasteiger partial charge in [0.15, 0.2) is 57.2 Å². The second-order valence-corrected chi connectivity index (χ2v) is 36.8. The van der Waals surface area contributed by atoms with Crippen LogP contribution >= 0.6 is 0 Å². The number of unbranched alkanes of at least 4 members (excludes halogenated alkanes) is 24. The molecular formula is C112H162F3N9O21. The second-order valence-electron chi connectivity index (χ2n) is 36.8. The fraction of sp³-hybridized carbons (Fsp3) is 0.607. The molecule has 0 saturated heterocycles. The molecule has 7 aromatic rings. The molecule has 2 aromatic heterocycles. The lowest BCUT2D eigenvalue weighted by Gasteiger charge is -2.29. The number of aromatic amines is 1. The standard InChI is InChI=1S/C112H162F3N9O21/c1-10-18-26-34-64-134-92-53-42-82(76-96(92)138-68-38-30-22-14-5)60-72-142-101(126)58-50-89(108(131)144-74-62-84-44-55-94(136-66-36-28-20-12-3)98(78-84)140-70-40-32-24-16-7)119-100(125)57-52-91(123(9)107(130)86-46-48-88(49-47-86)124(110(133)112(113,114)115)81-87-80-117-104-103(118-87)106(129)122-111(116)121-104)105(128)120-90(109(132)145-75-63-85-45-56-95(137-67-37-29-21-13-4)99(79-85)141-71-41-33-25-17-8)51-59-102(127)143-73-61-83-43-54-93(135-65-35-27-19-11-2)97(77-83)139-69-39-31-23-15-6/h42-49,53-56,76-80,89-91H,10-41,50-52,57-75,81H2,1-9H3,(H,119,125)(H,120,128)(H3,116,117,121,122,129)/t89-,90-,91-/m0/s1. The smallest absolute Gasteiger partial charge is 0.471 e. The van der Waals surface area contributed by atoms with Crippen LogP contribution in [0.1, 0.15) is 338 Å². The van der Waals surface area contributed by atoms with Gasteiger partial charge in [0.05, 0.1) is 97.7 Å². The normalized spacial score (nSPS) is 11.9. The molecule has 0 aliphatic heterocycles. The zero-order chi connectivity index (χ0) is 105. The van der Waals surface area contributed by atoms with Gasteiger partial charge in [0.25, 0.3) is 11.5 Å². The predicted octanol–water partition coefficient (Wildman–Crippen LogP) is 22.0. The van der Waals surface area contributed by atoms with E-state index in [2.05, 4.69) is 86.0 Å². The van der Waals surface area contributed by atoms with Gasteiger partial charge in [0.2, 0.25) is 17.8 Å². The number of hydrogen-bond donors (Lipinski definition) is 4. The van der Waals surface area contributed by atoms with Gasteiger partial charge in [-0.3, -0.25) is 43.4 Å². The van der Waals surface area contributed by atoms with Crippen molar-refractivity contribution in [1.82, 2.24) is 35.5 Å². The number of hydrogen-bond acceptors (Lipinski definition) is 25. The molecule has 0 radical (unpaired) electrons. The molecule has 30 nitrogen and oxygen atoms in total. The summed E-state index contributed by atoms with van der Waals surface area (Å²) in [6.45, 7) is 19.4. The van der Waals surface area contributed by atoms with Crippen LogP contribution in [0.5, 0.6) is 46.0 Å². The summed E-state index contributed by atoms with van der Waals surface area (Å²) >= 11 is 0. The molecule has 0 saturated carbocycles. The highest BCUT2D eigenvalue weighted by Gasteiger charge is 2.44. The Balaban J connectivity index is 1.22. The lowest BCUT2D eigenvalue weighted by atomic mass is 10.0. The van der Waals surface area contributed by atoms with Gasteiger partial charge >= 0.3 is 36.0 Å². The number of carbonyl (C=O) groups is 8. The van der Waals surface area contributed by atoms with Gasteiger partial charge in [-0.1, -0.05) is 234 Å². The molecule has 4 amide bonds. The Labute approximate surface area is 855 Å². The molecule has 145 heavy (non-hydrogen) atoms. The van der Waals surface area contributed by atoms with Gasteiger partial charge in [0, 0.05) is 63.2 Å². The number of nitrogens with one attached hydrogen (secondary N) is 3. The van der Waals surface area contributed by atoms with Crippen molar-refractivity contribution in [3.8, 4) is 46.0 Å². The minimum absolute atomic E-state index is 0.0672. The molecule has 5 aromatic carbocycles. The van der Waals surface area contributed by atoms with Crippen LogP contribution in [0.2, 0.25) is 0 Å². The van der Waals surface area contributed by atoms with Crippen LogP contribution in [0.25, 0.3) is 11.2 Å². The van der Waals surface area contributed by atoms with Gasteiger partial charge in [0.1, 0.15) is 18.1 Å². The van der Waals surface area contributed by atoms with E-state index in [1.165, 1.54) is 7.05 Å². The number of aromatic nitrogens is 4. The Bertz CT molecular complexity index is 5040. The van der Waals surface area contributed by atoms with Gasteiger partial charge in [-0.15, -0.1) is 0 Å². The quantitative estimate of drug-likeness (QED) is 0.0156. The van der Waals surface area contributed by atoms with Gasteiger partial charge in [-0.25, -0.2) is 19.6 Å². The summed E-state index contributed by atoms with van der Waals surface area (Å²) in [4.78, 5) is 146. The average molecular weight is 2030 g/mol. The van der Waals surface area contributed by atoms with Crippen molar-refractivity contribution in [3.05, 3.63) is 147 Å². The van der Waals surface area contributed by atoms with Crippen LogP contribution in [0.3, 0.4) is 0 Å². The van der Waals surface area contributed by atoms with Gasteiger partial charge in [-0.2, -0.15) is 18.2 Å². The van der Waals surface area contributed by atoms with Crippen molar-refractivity contribution in [2.24, 2.45) is 0 Å². The molecular weight excluding hydrogens is 1860 g/mol. The highest BCUT2D eigenvalue weighted by atomic mass is 19.4. The van der Waals surface area contributed by atoms with Crippen LogP contribution < -0.4 is 64.7 Å². The number of H-pyrrole nitrogens is 1. The van der Waals surface area contributed by atoms with Gasteiger partial charge < -0.3 is 78.1 Å². The molecule has 0 unspecified atom stereocenters. The molecule has 3 atom stereocenters. The molecule has 0 aliphatic rings. The first-order valence-electron chi connectivity index (χ1n) is 53.4. The molecule has 0 fully saturated rings. The number of carbonyl (C=O) groups excluding carboxylic acids is 8. The molecule has 33 heteroatoms. The number of esters is 4. The summed E-state index contributed by atoms with van der Waals surface area (Å²) in [6.07, 6.45) is 25.4.